The van der Waals surface area contributed by atoms with Crippen LogP contribution >= 0.6 is 0 Å². The van der Waals surface area contributed by atoms with Crippen LogP contribution in [0.2, 0.25) is 0 Å². The number of aromatic nitrogens is 3. The standard InChI is InChI=1S/C41H24N4O/c1-2-12-27(13-3-1)39-42-40(33-20-10-19-32-29-17-6-7-22-35(29)46-38(32)33)44-41(43-39)45-34-21-9-15-26-14-8-18-30(36(26)34)31-24-23-25-11-4-5-16-28(25)37(31)45/h1-24H/i1D,2D,3D,12D,13D. The van der Waals surface area contributed by atoms with Crippen LogP contribution in [-0.2, 0) is 0 Å². The fourth-order valence-electron chi connectivity index (χ4n) is 6.76. The van der Waals surface area contributed by atoms with Gasteiger partial charge in [-0.25, -0.2) is 4.98 Å². The Balaban J connectivity index is 1.35. The second-order valence-electron chi connectivity index (χ2n) is 11.3. The summed E-state index contributed by atoms with van der Waals surface area (Å²) in [7, 11) is 0. The zero-order valence-corrected chi connectivity index (χ0v) is 24.2. The third kappa shape index (κ3) is 3.60. The summed E-state index contributed by atoms with van der Waals surface area (Å²) in [5.74, 6) is 0.418. The smallest absolute Gasteiger partial charge is 0.238 e. The van der Waals surface area contributed by atoms with Gasteiger partial charge in [-0.05, 0) is 34.5 Å². The fraction of sp³-hybridized carbons (Fsp3) is 0. The molecule has 0 unspecified atom stereocenters. The van der Waals surface area contributed by atoms with Gasteiger partial charge in [-0.2, -0.15) is 9.97 Å². The molecule has 0 aliphatic carbocycles. The van der Waals surface area contributed by atoms with Crippen LogP contribution < -0.4 is 4.90 Å². The maximum Gasteiger partial charge on any atom is 0.238 e. The highest BCUT2D eigenvalue weighted by atomic mass is 16.3. The van der Waals surface area contributed by atoms with Gasteiger partial charge in [0.15, 0.2) is 11.6 Å². The van der Waals surface area contributed by atoms with Crippen molar-refractivity contribution < 1.29 is 11.3 Å². The summed E-state index contributed by atoms with van der Waals surface area (Å²) in [5.41, 5.74) is 5.52. The topological polar surface area (TPSA) is 55.1 Å². The highest BCUT2D eigenvalue weighted by Gasteiger charge is 2.30. The van der Waals surface area contributed by atoms with Crippen LogP contribution in [0.25, 0.3) is 77.4 Å². The summed E-state index contributed by atoms with van der Waals surface area (Å²) in [6.45, 7) is 0. The molecule has 0 amide bonds. The van der Waals surface area contributed by atoms with Gasteiger partial charge in [0.2, 0.25) is 5.95 Å². The van der Waals surface area contributed by atoms with E-state index in [9.17, 15) is 0 Å². The minimum atomic E-state index is -0.491. The van der Waals surface area contributed by atoms with Gasteiger partial charge in [-0.3, -0.25) is 4.90 Å². The molecule has 0 saturated carbocycles. The molecule has 0 saturated heterocycles. The van der Waals surface area contributed by atoms with Gasteiger partial charge in [-0.15, -0.1) is 0 Å². The zero-order valence-electron chi connectivity index (χ0n) is 29.2. The maximum atomic E-state index is 8.88. The number of rotatable bonds is 3. The fourth-order valence-corrected chi connectivity index (χ4v) is 6.76. The third-order valence-electron chi connectivity index (χ3n) is 8.73. The number of para-hydroxylation sites is 2. The quantitative estimate of drug-likeness (QED) is 0.204. The van der Waals surface area contributed by atoms with E-state index >= 15 is 0 Å². The van der Waals surface area contributed by atoms with E-state index in [1.807, 2.05) is 71.6 Å². The third-order valence-corrected chi connectivity index (χ3v) is 8.73. The average molecular weight is 594 g/mol. The normalized spacial score (nSPS) is 13.8. The Hall–Kier alpha value is -6.33. The first kappa shape index (κ1) is 20.6. The highest BCUT2D eigenvalue weighted by molar-refractivity contribution is 6.18. The van der Waals surface area contributed by atoms with Gasteiger partial charge in [0.1, 0.15) is 11.2 Å². The van der Waals surface area contributed by atoms with Gasteiger partial charge < -0.3 is 4.42 Å². The van der Waals surface area contributed by atoms with E-state index in [0.29, 0.717) is 16.7 Å². The Morgan fingerprint density at radius 3 is 2.17 bits per heavy atom. The lowest BCUT2D eigenvalue weighted by Gasteiger charge is -2.33. The molecule has 3 heterocycles. The molecule has 7 aromatic carbocycles. The van der Waals surface area contributed by atoms with Crippen molar-refractivity contribution in [2.45, 2.75) is 0 Å². The van der Waals surface area contributed by atoms with Crippen molar-refractivity contribution in [2.75, 3.05) is 4.90 Å². The predicted octanol–water partition coefficient (Wildman–Crippen LogP) is 10.9. The van der Waals surface area contributed by atoms with Crippen LogP contribution in [0.1, 0.15) is 6.85 Å². The molecule has 5 nitrogen and oxygen atoms in total. The van der Waals surface area contributed by atoms with Crippen LogP contribution in [0.3, 0.4) is 0 Å². The Morgan fingerprint density at radius 1 is 0.543 bits per heavy atom. The van der Waals surface area contributed by atoms with E-state index in [-0.39, 0.29) is 23.2 Å². The lowest BCUT2D eigenvalue weighted by atomic mass is 9.89. The Morgan fingerprint density at radius 2 is 1.26 bits per heavy atom. The van der Waals surface area contributed by atoms with E-state index in [1.54, 1.807) is 0 Å². The van der Waals surface area contributed by atoms with Gasteiger partial charge in [0.05, 0.1) is 23.8 Å². The number of hydrogen-bond donors (Lipinski definition) is 0. The number of nitrogens with zero attached hydrogens (tertiary/aromatic N) is 4. The molecule has 1 aliphatic heterocycles. The second-order valence-corrected chi connectivity index (χ2v) is 11.3. The Bertz CT molecular complexity index is 2930. The van der Waals surface area contributed by atoms with E-state index in [1.165, 1.54) is 0 Å². The van der Waals surface area contributed by atoms with Crippen molar-refractivity contribution in [3.05, 3.63) is 145 Å². The van der Waals surface area contributed by atoms with Gasteiger partial charge >= 0.3 is 0 Å². The van der Waals surface area contributed by atoms with Gasteiger partial charge in [0, 0.05) is 32.7 Å². The van der Waals surface area contributed by atoms with E-state index in [2.05, 4.69) is 48.5 Å². The van der Waals surface area contributed by atoms with Crippen molar-refractivity contribution in [1.82, 2.24) is 15.0 Å². The summed E-state index contributed by atoms with van der Waals surface area (Å²) in [6.07, 6.45) is 0. The van der Waals surface area contributed by atoms with Crippen molar-refractivity contribution in [3.8, 4) is 33.9 Å². The van der Waals surface area contributed by atoms with E-state index in [4.69, 9.17) is 26.2 Å². The van der Waals surface area contributed by atoms with E-state index in [0.717, 1.165) is 54.8 Å². The molecule has 9 aromatic rings. The monoisotopic (exact) mass is 593 g/mol. The first-order valence-corrected chi connectivity index (χ1v) is 15.0. The average Bonchev–Trinajstić information content (AvgIpc) is 3.55. The van der Waals surface area contributed by atoms with Crippen molar-refractivity contribution in [1.29, 1.82) is 0 Å². The largest absolute Gasteiger partial charge is 0.455 e. The first-order chi connectivity index (χ1) is 24.9. The summed E-state index contributed by atoms with van der Waals surface area (Å²) < 4.78 is 49.3. The molecule has 0 bridgehead atoms. The highest BCUT2D eigenvalue weighted by Crippen LogP contribution is 2.52. The molecule has 10 rings (SSSR count). The molecular formula is C41H24N4O. The number of hydrogen-bond acceptors (Lipinski definition) is 5. The first-order valence-electron chi connectivity index (χ1n) is 17.5. The molecule has 0 spiro atoms. The lowest BCUT2D eigenvalue weighted by Crippen LogP contribution is -2.19. The van der Waals surface area contributed by atoms with E-state index < -0.39 is 30.2 Å². The van der Waals surface area contributed by atoms with Crippen molar-refractivity contribution in [3.63, 3.8) is 0 Å². The van der Waals surface area contributed by atoms with Crippen molar-refractivity contribution >= 4 is 60.8 Å². The predicted molar refractivity (Wildman–Crippen MR) is 187 cm³/mol. The Kier molecular flexibility index (Phi) is 4.29. The second kappa shape index (κ2) is 9.58. The molecule has 2 aromatic heterocycles. The number of benzene rings is 7. The molecule has 0 fully saturated rings. The molecule has 46 heavy (non-hydrogen) atoms. The van der Waals surface area contributed by atoms with Crippen LogP contribution in [0.4, 0.5) is 17.3 Å². The number of anilines is 3. The maximum absolute atomic E-state index is 8.88. The van der Waals surface area contributed by atoms with Crippen LogP contribution in [0, 0.1) is 0 Å². The molecule has 0 atom stereocenters. The molecule has 5 heteroatoms. The van der Waals surface area contributed by atoms with Crippen LogP contribution in [-0.4, -0.2) is 15.0 Å². The molecule has 1 aliphatic rings. The van der Waals surface area contributed by atoms with Crippen LogP contribution in [0.15, 0.2) is 150 Å². The van der Waals surface area contributed by atoms with Gasteiger partial charge in [0.25, 0.3) is 0 Å². The minimum absolute atomic E-state index is 0.0482. The molecule has 0 radical (unpaired) electrons. The number of furan rings is 1. The summed E-state index contributed by atoms with van der Waals surface area (Å²) in [5, 5.41) is 5.89. The SMILES string of the molecule is [2H]c1c([2H])c([2H])c(-c2nc(-c3cccc4c3oc3ccccc34)nc(N3c4c(ccc5ccccc45)-c4cccc5cccc3c45)n2)c([2H])c1[2H]. The van der Waals surface area contributed by atoms with Crippen LogP contribution in [0.5, 0.6) is 0 Å². The Labute approximate surface area is 271 Å². The molecule has 0 N–H and O–H groups in total. The molecular weight excluding hydrogens is 564 g/mol. The van der Waals surface area contributed by atoms with Gasteiger partial charge in [-0.1, -0.05) is 127 Å². The minimum Gasteiger partial charge on any atom is -0.455 e. The summed E-state index contributed by atoms with van der Waals surface area (Å²) >= 11 is 0. The molecule has 214 valence electrons. The zero-order chi connectivity index (χ0) is 34.5. The summed E-state index contributed by atoms with van der Waals surface area (Å²) in [4.78, 5) is 17.0. The lowest BCUT2D eigenvalue weighted by molar-refractivity contribution is 0.669. The number of fused-ring (bicyclic) bond motifs is 7. The summed E-state index contributed by atoms with van der Waals surface area (Å²) in [6, 6.07) is 36.0. The van der Waals surface area contributed by atoms with Crippen molar-refractivity contribution in [2.24, 2.45) is 0 Å².